The zero-order valence-corrected chi connectivity index (χ0v) is 17.0. The van der Waals surface area contributed by atoms with Crippen LogP contribution in [-0.4, -0.2) is 14.3 Å². The largest absolute Gasteiger partial charge is 0.291 e. The van der Waals surface area contributed by atoms with E-state index in [4.69, 9.17) is 4.98 Å². The number of pyridine rings is 1. The maximum atomic E-state index is 12.1. The maximum Gasteiger partial charge on any atom is 0.279 e. The highest BCUT2D eigenvalue weighted by molar-refractivity contribution is 6.12. The van der Waals surface area contributed by atoms with E-state index in [0.717, 1.165) is 38.4 Å². The van der Waals surface area contributed by atoms with Crippen LogP contribution in [0.4, 0.5) is 5.69 Å². The van der Waals surface area contributed by atoms with Crippen LogP contribution >= 0.6 is 0 Å². The molecule has 6 rings (SSSR count). The molecule has 152 valence electrons. The average molecular weight is 415 g/mol. The summed E-state index contributed by atoms with van der Waals surface area (Å²) in [6.45, 7) is 0. The second-order valence-corrected chi connectivity index (χ2v) is 7.72. The third-order valence-corrected chi connectivity index (χ3v) is 5.94. The van der Waals surface area contributed by atoms with Crippen LogP contribution in [0.2, 0.25) is 0 Å². The van der Waals surface area contributed by atoms with Crippen molar-refractivity contribution in [3.05, 3.63) is 113 Å². The lowest BCUT2D eigenvalue weighted by atomic mass is 10.0. The van der Waals surface area contributed by atoms with Crippen molar-refractivity contribution in [2.75, 3.05) is 0 Å². The molecule has 0 N–H and O–H groups in total. The van der Waals surface area contributed by atoms with E-state index in [-0.39, 0.29) is 10.6 Å². The predicted octanol–water partition coefficient (Wildman–Crippen LogP) is 6.88. The van der Waals surface area contributed by atoms with Crippen molar-refractivity contribution < 1.29 is 4.92 Å². The summed E-state index contributed by atoms with van der Waals surface area (Å²) in [5, 5.41) is 15.3. The van der Waals surface area contributed by atoms with Gasteiger partial charge in [-0.2, -0.15) is 0 Å². The summed E-state index contributed by atoms with van der Waals surface area (Å²) >= 11 is 0. The Balaban J connectivity index is 1.69. The summed E-state index contributed by atoms with van der Waals surface area (Å²) in [6.07, 6.45) is 1.73. The number of benzene rings is 4. The van der Waals surface area contributed by atoms with Crippen LogP contribution in [0, 0.1) is 10.1 Å². The second-order valence-electron chi connectivity index (χ2n) is 7.72. The first-order valence-electron chi connectivity index (χ1n) is 10.3. The third kappa shape index (κ3) is 2.68. The van der Waals surface area contributed by atoms with Gasteiger partial charge in [0.15, 0.2) is 0 Å². The van der Waals surface area contributed by atoms with Crippen LogP contribution in [0.3, 0.4) is 0 Å². The topological polar surface area (TPSA) is 60.4 Å². The lowest BCUT2D eigenvalue weighted by Crippen LogP contribution is -1.97. The zero-order valence-electron chi connectivity index (χ0n) is 17.0. The van der Waals surface area contributed by atoms with E-state index in [1.807, 2.05) is 83.3 Å². The van der Waals surface area contributed by atoms with Crippen molar-refractivity contribution in [3.8, 4) is 22.4 Å². The van der Waals surface area contributed by atoms with Crippen molar-refractivity contribution in [2.24, 2.45) is 0 Å². The van der Waals surface area contributed by atoms with Crippen LogP contribution in [-0.2, 0) is 0 Å². The van der Waals surface area contributed by atoms with Gasteiger partial charge in [-0.15, -0.1) is 0 Å². The van der Waals surface area contributed by atoms with Crippen LogP contribution in [0.15, 0.2) is 103 Å². The molecule has 0 saturated carbocycles. The van der Waals surface area contributed by atoms with Gasteiger partial charge < -0.3 is 0 Å². The number of aromatic nitrogens is 2. The number of nitro groups is 1. The van der Waals surface area contributed by atoms with Crippen molar-refractivity contribution in [2.45, 2.75) is 0 Å². The molecule has 0 aliphatic carbocycles. The highest BCUT2D eigenvalue weighted by Crippen LogP contribution is 2.37. The number of hydrogen-bond donors (Lipinski definition) is 0. The Morgan fingerprint density at radius 3 is 2.19 bits per heavy atom. The highest BCUT2D eigenvalue weighted by atomic mass is 16.6. The van der Waals surface area contributed by atoms with Crippen molar-refractivity contribution >= 4 is 33.0 Å². The van der Waals surface area contributed by atoms with Crippen LogP contribution in [0.1, 0.15) is 0 Å². The standard InChI is InChI=1S/C27H17N3O2/c31-30(32)25-16-19(18-8-2-1-3-9-18)14-15-23(25)26-17-28-27-22-12-5-4-10-20(22)21-11-6-7-13-24(21)29(26)27/h1-17H. The number of imidazole rings is 1. The molecule has 6 aromatic rings. The van der Waals surface area contributed by atoms with Gasteiger partial charge in [0.2, 0.25) is 0 Å². The molecule has 4 aromatic carbocycles. The SMILES string of the molecule is O=[N+]([O-])c1cc(-c2ccccc2)ccc1-c1cnc2c3ccccc3c3ccccc3n12. The van der Waals surface area contributed by atoms with Gasteiger partial charge in [0.1, 0.15) is 5.65 Å². The number of para-hydroxylation sites is 1. The lowest BCUT2D eigenvalue weighted by Gasteiger charge is -2.11. The van der Waals surface area contributed by atoms with Gasteiger partial charge in [0.25, 0.3) is 5.69 Å². The monoisotopic (exact) mass is 415 g/mol. The van der Waals surface area contributed by atoms with Crippen molar-refractivity contribution in [3.63, 3.8) is 0 Å². The number of rotatable bonds is 3. The maximum absolute atomic E-state index is 12.1. The van der Waals surface area contributed by atoms with Crippen LogP contribution < -0.4 is 0 Å². The van der Waals surface area contributed by atoms with E-state index in [0.29, 0.717) is 11.3 Å². The number of nitrogens with zero attached hydrogens (tertiary/aromatic N) is 3. The van der Waals surface area contributed by atoms with Gasteiger partial charge in [-0.1, -0.05) is 78.9 Å². The summed E-state index contributed by atoms with van der Waals surface area (Å²) in [5.41, 5.74) is 4.81. The molecular weight excluding hydrogens is 398 g/mol. The normalized spacial score (nSPS) is 11.4. The van der Waals surface area contributed by atoms with E-state index >= 15 is 0 Å². The minimum Gasteiger partial charge on any atom is -0.291 e. The third-order valence-electron chi connectivity index (χ3n) is 5.94. The Hall–Kier alpha value is -4.51. The number of hydrogen-bond acceptors (Lipinski definition) is 3. The summed E-state index contributed by atoms with van der Waals surface area (Å²) in [5.74, 6) is 0. The molecule has 5 heteroatoms. The molecule has 0 aliphatic rings. The zero-order chi connectivity index (χ0) is 21.7. The van der Waals surface area contributed by atoms with E-state index < -0.39 is 0 Å². The molecule has 0 spiro atoms. The summed E-state index contributed by atoms with van der Waals surface area (Å²) in [6, 6.07) is 31.3. The fourth-order valence-electron chi connectivity index (χ4n) is 4.49. The predicted molar refractivity (Wildman–Crippen MR) is 128 cm³/mol. The van der Waals surface area contributed by atoms with Gasteiger partial charge in [-0.05, 0) is 28.6 Å². The summed E-state index contributed by atoms with van der Waals surface area (Å²) in [7, 11) is 0. The second kappa shape index (κ2) is 7.03. The van der Waals surface area contributed by atoms with Gasteiger partial charge in [-0.25, -0.2) is 4.98 Å². The molecule has 32 heavy (non-hydrogen) atoms. The molecule has 2 aromatic heterocycles. The summed E-state index contributed by atoms with van der Waals surface area (Å²) < 4.78 is 2.03. The first-order valence-corrected chi connectivity index (χ1v) is 10.3. The minimum absolute atomic E-state index is 0.0605. The summed E-state index contributed by atoms with van der Waals surface area (Å²) in [4.78, 5) is 16.5. The van der Waals surface area contributed by atoms with Gasteiger partial charge in [-0.3, -0.25) is 14.5 Å². The first kappa shape index (κ1) is 18.3. The molecule has 0 saturated heterocycles. The fourth-order valence-corrected chi connectivity index (χ4v) is 4.49. The average Bonchev–Trinajstić information content (AvgIpc) is 3.30. The fraction of sp³-hybridized carbons (Fsp3) is 0. The quantitative estimate of drug-likeness (QED) is 0.180. The molecule has 0 bridgehead atoms. The molecule has 0 aliphatic heterocycles. The van der Waals surface area contributed by atoms with Crippen LogP contribution in [0.25, 0.3) is 49.7 Å². The molecule has 0 amide bonds. The van der Waals surface area contributed by atoms with Crippen molar-refractivity contribution in [1.29, 1.82) is 0 Å². The van der Waals surface area contributed by atoms with Gasteiger partial charge in [0.05, 0.1) is 27.9 Å². The molecule has 5 nitrogen and oxygen atoms in total. The van der Waals surface area contributed by atoms with E-state index in [9.17, 15) is 10.1 Å². The molecule has 0 radical (unpaired) electrons. The molecule has 2 heterocycles. The molecular formula is C27H17N3O2. The number of fused-ring (bicyclic) bond motifs is 6. The molecule has 0 atom stereocenters. The van der Waals surface area contributed by atoms with E-state index in [1.165, 1.54) is 0 Å². The van der Waals surface area contributed by atoms with Crippen LogP contribution in [0.5, 0.6) is 0 Å². The number of nitro benzene ring substituents is 1. The minimum atomic E-state index is -0.315. The Bertz CT molecular complexity index is 1650. The first-order chi connectivity index (χ1) is 15.7. The van der Waals surface area contributed by atoms with E-state index in [1.54, 1.807) is 12.3 Å². The molecule has 0 unspecified atom stereocenters. The van der Waals surface area contributed by atoms with Gasteiger partial charge in [0, 0.05) is 16.8 Å². The lowest BCUT2D eigenvalue weighted by molar-refractivity contribution is -0.384. The van der Waals surface area contributed by atoms with Crippen molar-refractivity contribution in [1.82, 2.24) is 9.38 Å². The van der Waals surface area contributed by atoms with E-state index in [2.05, 4.69) is 12.1 Å². The Labute approximate surface area is 183 Å². The Morgan fingerprint density at radius 1 is 0.719 bits per heavy atom. The Kier molecular flexibility index (Phi) is 4.01. The highest BCUT2D eigenvalue weighted by Gasteiger charge is 2.21. The Morgan fingerprint density at radius 2 is 1.41 bits per heavy atom. The van der Waals surface area contributed by atoms with Gasteiger partial charge >= 0.3 is 0 Å². The smallest absolute Gasteiger partial charge is 0.279 e. The molecule has 0 fully saturated rings.